The molecule has 3 heterocycles. The zero-order chi connectivity index (χ0) is 12.5. The average molecular weight is 264 g/mol. The highest BCUT2D eigenvalue weighted by Crippen LogP contribution is 2.26. The maximum absolute atomic E-state index is 4.69. The van der Waals surface area contributed by atoms with Gasteiger partial charge in [-0.1, -0.05) is 0 Å². The molecule has 2 aromatic heterocycles. The minimum Gasteiger partial charge on any atom is -0.339 e. The standard InChI is InChI=1S/C11H16N6S/c1-8(12-2)9-6-18-11(14-9)16-3-4-17-7-13-15-10(17)5-16/h6-8,12H,3-5H2,1-2H3. The molecule has 7 heteroatoms. The van der Waals surface area contributed by atoms with Gasteiger partial charge >= 0.3 is 0 Å². The van der Waals surface area contributed by atoms with Gasteiger partial charge in [0, 0.05) is 24.5 Å². The van der Waals surface area contributed by atoms with Crippen LogP contribution in [0.1, 0.15) is 24.5 Å². The molecule has 0 amide bonds. The summed E-state index contributed by atoms with van der Waals surface area (Å²) >= 11 is 1.69. The molecule has 0 spiro atoms. The van der Waals surface area contributed by atoms with E-state index in [1.54, 1.807) is 17.7 Å². The van der Waals surface area contributed by atoms with Crippen molar-refractivity contribution in [3.8, 4) is 0 Å². The summed E-state index contributed by atoms with van der Waals surface area (Å²) in [5.41, 5.74) is 1.10. The molecule has 18 heavy (non-hydrogen) atoms. The summed E-state index contributed by atoms with van der Waals surface area (Å²) in [6.07, 6.45) is 1.79. The van der Waals surface area contributed by atoms with Crippen LogP contribution in [-0.2, 0) is 13.1 Å². The molecular formula is C11H16N6S. The highest BCUT2D eigenvalue weighted by molar-refractivity contribution is 7.13. The van der Waals surface area contributed by atoms with Crippen molar-refractivity contribution in [3.05, 3.63) is 23.2 Å². The summed E-state index contributed by atoms with van der Waals surface area (Å²) in [5, 5.41) is 14.5. The smallest absolute Gasteiger partial charge is 0.186 e. The van der Waals surface area contributed by atoms with E-state index >= 15 is 0 Å². The van der Waals surface area contributed by atoms with E-state index in [2.05, 4.69) is 42.3 Å². The summed E-state index contributed by atoms with van der Waals surface area (Å²) in [6.45, 7) is 4.80. The number of fused-ring (bicyclic) bond motifs is 1. The Hall–Kier alpha value is -1.47. The van der Waals surface area contributed by atoms with Gasteiger partial charge in [-0.15, -0.1) is 21.5 Å². The monoisotopic (exact) mass is 264 g/mol. The van der Waals surface area contributed by atoms with Gasteiger partial charge in [-0.2, -0.15) is 0 Å². The van der Waals surface area contributed by atoms with Crippen LogP contribution < -0.4 is 10.2 Å². The van der Waals surface area contributed by atoms with Gasteiger partial charge in [0.2, 0.25) is 0 Å². The minimum atomic E-state index is 0.295. The first-order chi connectivity index (χ1) is 8.78. The molecule has 0 saturated heterocycles. The van der Waals surface area contributed by atoms with Crippen molar-refractivity contribution < 1.29 is 0 Å². The zero-order valence-electron chi connectivity index (χ0n) is 10.5. The number of nitrogens with one attached hydrogen (secondary N) is 1. The molecule has 6 nitrogen and oxygen atoms in total. The van der Waals surface area contributed by atoms with Crippen LogP contribution in [0.3, 0.4) is 0 Å². The van der Waals surface area contributed by atoms with Crippen LogP contribution in [0.15, 0.2) is 11.7 Å². The molecule has 3 rings (SSSR count). The maximum Gasteiger partial charge on any atom is 0.186 e. The quantitative estimate of drug-likeness (QED) is 0.897. The lowest BCUT2D eigenvalue weighted by Gasteiger charge is -2.26. The van der Waals surface area contributed by atoms with Crippen molar-refractivity contribution in [3.63, 3.8) is 0 Å². The van der Waals surface area contributed by atoms with Crippen molar-refractivity contribution in [1.29, 1.82) is 0 Å². The number of nitrogens with zero attached hydrogens (tertiary/aromatic N) is 5. The molecule has 0 aromatic carbocycles. The van der Waals surface area contributed by atoms with Crippen molar-refractivity contribution in [2.75, 3.05) is 18.5 Å². The molecular weight excluding hydrogens is 248 g/mol. The predicted octanol–water partition coefficient (Wildman–Crippen LogP) is 1.04. The van der Waals surface area contributed by atoms with Crippen LogP contribution in [-0.4, -0.2) is 33.3 Å². The second-order valence-corrected chi connectivity index (χ2v) is 5.26. The van der Waals surface area contributed by atoms with Gasteiger partial charge < -0.3 is 14.8 Å². The van der Waals surface area contributed by atoms with E-state index in [0.29, 0.717) is 6.04 Å². The molecule has 0 fully saturated rings. The van der Waals surface area contributed by atoms with E-state index in [9.17, 15) is 0 Å². The molecule has 1 atom stereocenters. The van der Waals surface area contributed by atoms with Crippen LogP contribution in [0.2, 0.25) is 0 Å². The van der Waals surface area contributed by atoms with Gasteiger partial charge in [0.05, 0.1) is 12.2 Å². The molecule has 0 aliphatic carbocycles. The summed E-state index contributed by atoms with van der Waals surface area (Å²) in [6, 6.07) is 0.295. The van der Waals surface area contributed by atoms with Crippen LogP contribution in [0.25, 0.3) is 0 Å². The van der Waals surface area contributed by atoms with Crippen molar-refractivity contribution in [1.82, 2.24) is 25.1 Å². The lowest BCUT2D eigenvalue weighted by molar-refractivity contribution is 0.557. The maximum atomic E-state index is 4.69. The lowest BCUT2D eigenvalue weighted by atomic mass is 10.3. The lowest BCUT2D eigenvalue weighted by Crippen LogP contribution is -2.33. The zero-order valence-corrected chi connectivity index (χ0v) is 11.3. The Morgan fingerprint density at radius 3 is 3.17 bits per heavy atom. The Bertz CT molecular complexity index is 533. The molecule has 1 aliphatic heterocycles. The highest BCUT2D eigenvalue weighted by Gasteiger charge is 2.20. The largest absolute Gasteiger partial charge is 0.339 e. The number of aromatic nitrogens is 4. The van der Waals surface area contributed by atoms with Crippen LogP contribution in [0.4, 0.5) is 5.13 Å². The number of hydrogen-bond donors (Lipinski definition) is 1. The normalized spacial score (nSPS) is 16.7. The van der Waals surface area contributed by atoms with Crippen LogP contribution in [0, 0.1) is 0 Å². The second kappa shape index (κ2) is 4.66. The average Bonchev–Trinajstić information content (AvgIpc) is 3.05. The van der Waals surface area contributed by atoms with E-state index in [4.69, 9.17) is 0 Å². The number of anilines is 1. The second-order valence-electron chi connectivity index (χ2n) is 4.43. The Labute approximate surface area is 110 Å². The third-order valence-corrected chi connectivity index (χ3v) is 4.22. The van der Waals surface area contributed by atoms with E-state index in [1.807, 2.05) is 7.05 Å². The Morgan fingerprint density at radius 1 is 1.44 bits per heavy atom. The summed E-state index contributed by atoms with van der Waals surface area (Å²) in [4.78, 5) is 6.95. The fourth-order valence-electron chi connectivity index (χ4n) is 2.00. The van der Waals surface area contributed by atoms with Gasteiger partial charge in [0.15, 0.2) is 11.0 Å². The SMILES string of the molecule is CNC(C)c1csc(N2CCn3cnnc3C2)n1. The summed E-state index contributed by atoms with van der Waals surface area (Å²) in [7, 11) is 1.95. The number of hydrogen-bond acceptors (Lipinski definition) is 6. The van der Waals surface area contributed by atoms with E-state index in [1.165, 1.54) is 0 Å². The van der Waals surface area contributed by atoms with Gasteiger partial charge in [-0.3, -0.25) is 0 Å². The van der Waals surface area contributed by atoms with Crippen molar-refractivity contribution >= 4 is 16.5 Å². The van der Waals surface area contributed by atoms with Crippen LogP contribution >= 0.6 is 11.3 Å². The summed E-state index contributed by atoms with van der Waals surface area (Å²) in [5.74, 6) is 1.01. The van der Waals surface area contributed by atoms with Gasteiger partial charge in [-0.25, -0.2) is 4.98 Å². The fourth-order valence-corrected chi connectivity index (χ4v) is 2.94. The Morgan fingerprint density at radius 2 is 2.33 bits per heavy atom. The van der Waals surface area contributed by atoms with E-state index < -0.39 is 0 Å². The minimum absolute atomic E-state index is 0.295. The molecule has 2 aromatic rings. The molecule has 0 bridgehead atoms. The van der Waals surface area contributed by atoms with Gasteiger partial charge in [0.1, 0.15) is 6.33 Å². The summed E-state index contributed by atoms with van der Waals surface area (Å²) < 4.78 is 2.10. The fraction of sp³-hybridized carbons (Fsp3) is 0.545. The molecule has 0 radical (unpaired) electrons. The first-order valence-electron chi connectivity index (χ1n) is 6.02. The van der Waals surface area contributed by atoms with E-state index in [0.717, 1.165) is 36.3 Å². The first kappa shape index (κ1) is 11.6. The van der Waals surface area contributed by atoms with Gasteiger partial charge in [-0.05, 0) is 14.0 Å². The van der Waals surface area contributed by atoms with Crippen molar-refractivity contribution in [2.24, 2.45) is 0 Å². The molecule has 96 valence electrons. The van der Waals surface area contributed by atoms with Crippen molar-refractivity contribution in [2.45, 2.75) is 26.1 Å². The third-order valence-electron chi connectivity index (χ3n) is 3.30. The third kappa shape index (κ3) is 1.99. The Kier molecular flexibility index (Phi) is 3.00. The molecule has 0 saturated carbocycles. The van der Waals surface area contributed by atoms with Gasteiger partial charge in [0.25, 0.3) is 0 Å². The molecule has 1 aliphatic rings. The Balaban J connectivity index is 1.78. The number of thiazole rings is 1. The van der Waals surface area contributed by atoms with E-state index in [-0.39, 0.29) is 0 Å². The molecule has 1 unspecified atom stereocenters. The topological polar surface area (TPSA) is 58.9 Å². The predicted molar refractivity (Wildman–Crippen MR) is 70.7 cm³/mol. The number of rotatable bonds is 3. The molecule has 1 N–H and O–H groups in total. The first-order valence-corrected chi connectivity index (χ1v) is 6.90. The highest BCUT2D eigenvalue weighted by atomic mass is 32.1. The van der Waals surface area contributed by atoms with Crippen LogP contribution in [0.5, 0.6) is 0 Å².